The third-order valence-electron chi connectivity index (χ3n) is 5.31. The maximum atomic E-state index is 12.9. The van der Waals surface area contributed by atoms with E-state index in [2.05, 4.69) is 29.4 Å². The zero-order chi connectivity index (χ0) is 21.5. The molecular weight excluding hydrogens is 378 g/mol. The number of carbonyl (C=O) groups is 2. The molecule has 0 saturated carbocycles. The van der Waals surface area contributed by atoms with E-state index in [9.17, 15) is 9.59 Å². The predicted molar refractivity (Wildman–Crippen MR) is 118 cm³/mol. The van der Waals surface area contributed by atoms with Crippen molar-refractivity contribution in [1.82, 2.24) is 10.6 Å². The molecule has 0 unspecified atom stereocenters. The molecule has 158 valence electrons. The number of amides is 2. The maximum absolute atomic E-state index is 12.9. The number of allylic oxidation sites excluding steroid dienone is 1. The predicted octanol–water partition coefficient (Wildman–Crippen LogP) is 3.95. The Morgan fingerprint density at radius 2 is 1.70 bits per heavy atom. The van der Waals surface area contributed by atoms with Crippen LogP contribution in [-0.4, -0.2) is 31.7 Å². The smallest absolute Gasteiger partial charge is 0.338 e. The zero-order valence-electron chi connectivity index (χ0n) is 17.8. The van der Waals surface area contributed by atoms with Crippen LogP contribution < -0.4 is 15.5 Å². The van der Waals surface area contributed by atoms with E-state index in [0.29, 0.717) is 17.7 Å². The third kappa shape index (κ3) is 5.00. The Morgan fingerprint density at radius 3 is 2.33 bits per heavy atom. The summed E-state index contributed by atoms with van der Waals surface area (Å²) in [5.41, 5.74) is 4.00. The topological polar surface area (TPSA) is 70.7 Å². The summed E-state index contributed by atoms with van der Waals surface area (Å²) >= 11 is 0. The Labute approximate surface area is 177 Å². The second-order valence-electron chi connectivity index (χ2n) is 7.21. The van der Waals surface area contributed by atoms with E-state index in [0.717, 1.165) is 29.9 Å². The largest absolute Gasteiger partial charge is 0.462 e. The molecule has 3 rings (SSSR count). The van der Waals surface area contributed by atoms with Crippen molar-refractivity contribution in [3.8, 4) is 0 Å². The monoisotopic (exact) mass is 407 g/mol. The van der Waals surface area contributed by atoms with E-state index in [1.807, 2.05) is 54.6 Å². The summed E-state index contributed by atoms with van der Waals surface area (Å²) in [7, 11) is 0. The van der Waals surface area contributed by atoms with Crippen LogP contribution in [0.15, 0.2) is 65.9 Å². The Kier molecular flexibility index (Phi) is 7.12. The van der Waals surface area contributed by atoms with Crippen molar-refractivity contribution in [3.63, 3.8) is 0 Å². The molecule has 0 aliphatic carbocycles. The van der Waals surface area contributed by atoms with Gasteiger partial charge in [0.05, 0.1) is 18.2 Å². The minimum atomic E-state index is -0.547. The van der Waals surface area contributed by atoms with Crippen LogP contribution in [0.4, 0.5) is 10.5 Å². The Hall–Kier alpha value is -3.28. The van der Waals surface area contributed by atoms with Crippen molar-refractivity contribution in [1.29, 1.82) is 0 Å². The van der Waals surface area contributed by atoms with E-state index < -0.39 is 12.0 Å². The first-order valence-corrected chi connectivity index (χ1v) is 10.4. The highest BCUT2D eigenvalue weighted by atomic mass is 16.5. The highest BCUT2D eigenvalue weighted by Gasteiger charge is 2.32. The third-order valence-corrected chi connectivity index (χ3v) is 5.31. The molecule has 2 N–H and O–H groups in total. The first-order valence-electron chi connectivity index (χ1n) is 10.4. The molecule has 0 radical (unpaired) electrons. The van der Waals surface area contributed by atoms with Crippen LogP contribution >= 0.6 is 0 Å². The van der Waals surface area contributed by atoms with Gasteiger partial charge >= 0.3 is 12.0 Å². The molecule has 0 aromatic heterocycles. The summed E-state index contributed by atoms with van der Waals surface area (Å²) in [5.74, 6) is -0.422. The molecule has 1 atom stereocenters. The van der Waals surface area contributed by atoms with E-state index in [1.54, 1.807) is 6.92 Å². The number of hydrogen-bond donors (Lipinski definition) is 2. The lowest BCUT2D eigenvalue weighted by atomic mass is 9.95. The minimum Gasteiger partial charge on any atom is -0.462 e. The molecule has 0 bridgehead atoms. The molecule has 2 aromatic rings. The van der Waals surface area contributed by atoms with Gasteiger partial charge in [-0.25, -0.2) is 9.59 Å². The lowest BCUT2D eigenvalue weighted by Gasteiger charge is -2.29. The number of esters is 1. The number of carbonyl (C=O) groups excluding carboxylic acids is 2. The van der Waals surface area contributed by atoms with Gasteiger partial charge in [0.2, 0.25) is 0 Å². The average molecular weight is 408 g/mol. The van der Waals surface area contributed by atoms with Crippen molar-refractivity contribution in [2.75, 3.05) is 24.6 Å². The Balaban J connectivity index is 1.76. The summed E-state index contributed by atoms with van der Waals surface area (Å²) < 4.78 is 5.54. The average Bonchev–Trinajstić information content (AvgIpc) is 2.75. The summed E-state index contributed by atoms with van der Waals surface area (Å²) in [6.07, 6.45) is 0.641. The molecule has 0 saturated heterocycles. The summed E-state index contributed by atoms with van der Waals surface area (Å²) in [4.78, 5) is 27.2. The zero-order valence-corrected chi connectivity index (χ0v) is 17.8. The van der Waals surface area contributed by atoms with Gasteiger partial charge in [0.1, 0.15) is 0 Å². The van der Waals surface area contributed by atoms with Crippen molar-refractivity contribution in [2.24, 2.45) is 0 Å². The minimum absolute atomic E-state index is 0.279. The van der Waals surface area contributed by atoms with Gasteiger partial charge in [-0.1, -0.05) is 42.5 Å². The first kappa shape index (κ1) is 21.4. The van der Waals surface area contributed by atoms with Crippen LogP contribution in [0.2, 0.25) is 0 Å². The van der Waals surface area contributed by atoms with Crippen molar-refractivity contribution >= 4 is 17.7 Å². The van der Waals surface area contributed by atoms with Gasteiger partial charge in [-0.3, -0.25) is 0 Å². The van der Waals surface area contributed by atoms with E-state index >= 15 is 0 Å². The number of urea groups is 1. The normalized spacial score (nSPS) is 16.0. The second-order valence-corrected chi connectivity index (χ2v) is 7.21. The first-order chi connectivity index (χ1) is 14.5. The second kappa shape index (κ2) is 9.96. The van der Waals surface area contributed by atoms with Crippen LogP contribution in [0.1, 0.15) is 37.9 Å². The SMILES string of the molecule is CCN(CC)c1ccc([C@@H]2NC(=O)NC(C)=C2C(=O)OCCc2ccccc2)cc1. The van der Waals surface area contributed by atoms with Gasteiger partial charge in [0, 0.05) is 30.9 Å². The van der Waals surface area contributed by atoms with Gasteiger partial charge in [0.15, 0.2) is 0 Å². The van der Waals surface area contributed by atoms with Crippen LogP contribution in [-0.2, 0) is 16.0 Å². The van der Waals surface area contributed by atoms with Crippen molar-refractivity contribution in [2.45, 2.75) is 33.2 Å². The van der Waals surface area contributed by atoms with E-state index in [4.69, 9.17) is 4.74 Å². The molecule has 0 fully saturated rings. The molecule has 0 spiro atoms. The Bertz CT molecular complexity index is 903. The van der Waals surface area contributed by atoms with Gasteiger partial charge in [-0.15, -0.1) is 0 Å². The molecule has 30 heavy (non-hydrogen) atoms. The highest BCUT2D eigenvalue weighted by Crippen LogP contribution is 2.29. The Morgan fingerprint density at radius 1 is 1.03 bits per heavy atom. The molecule has 6 nitrogen and oxygen atoms in total. The number of rotatable bonds is 8. The lowest BCUT2D eigenvalue weighted by Crippen LogP contribution is -2.45. The van der Waals surface area contributed by atoms with Crippen molar-refractivity contribution < 1.29 is 14.3 Å². The maximum Gasteiger partial charge on any atom is 0.338 e. The van der Waals surface area contributed by atoms with Crippen molar-refractivity contribution in [3.05, 3.63) is 77.0 Å². The number of anilines is 1. The number of ether oxygens (including phenoxy) is 1. The number of hydrogen-bond acceptors (Lipinski definition) is 4. The quantitative estimate of drug-likeness (QED) is 0.650. The standard InChI is InChI=1S/C24H29N3O3/c1-4-27(5-2)20-13-11-19(12-14-20)22-21(17(3)25-24(29)26-22)23(28)30-16-15-18-9-7-6-8-10-18/h6-14,22H,4-5,15-16H2,1-3H3,(H2,25,26,29)/t22-/m0/s1. The van der Waals surface area contributed by atoms with Crippen LogP contribution in [0.3, 0.4) is 0 Å². The van der Waals surface area contributed by atoms with Gasteiger partial charge in [0.25, 0.3) is 0 Å². The highest BCUT2D eigenvalue weighted by molar-refractivity contribution is 5.95. The van der Waals surface area contributed by atoms with E-state index in [-0.39, 0.29) is 12.6 Å². The summed E-state index contributed by atoms with van der Waals surface area (Å²) in [6, 6.07) is 16.9. The molecule has 2 amide bonds. The summed E-state index contributed by atoms with van der Waals surface area (Å²) in [6.45, 7) is 8.06. The number of nitrogens with one attached hydrogen (secondary N) is 2. The molecular formula is C24H29N3O3. The van der Waals surface area contributed by atoms with Crippen LogP contribution in [0.25, 0.3) is 0 Å². The molecule has 6 heteroatoms. The van der Waals surface area contributed by atoms with Crippen LogP contribution in [0.5, 0.6) is 0 Å². The van der Waals surface area contributed by atoms with Gasteiger partial charge < -0.3 is 20.3 Å². The number of benzene rings is 2. The lowest BCUT2D eigenvalue weighted by molar-refractivity contribution is -0.139. The fraction of sp³-hybridized carbons (Fsp3) is 0.333. The molecule has 1 aliphatic heterocycles. The van der Waals surface area contributed by atoms with Crippen LogP contribution in [0, 0.1) is 0 Å². The van der Waals surface area contributed by atoms with Gasteiger partial charge in [-0.2, -0.15) is 0 Å². The van der Waals surface area contributed by atoms with Gasteiger partial charge in [-0.05, 0) is 44.0 Å². The molecule has 2 aromatic carbocycles. The van der Waals surface area contributed by atoms with E-state index in [1.165, 1.54) is 0 Å². The molecule has 1 heterocycles. The summed E-state index contributed by atoms with van der Waals surface area (Å²) in [5, 5.41) is 5.54. The number of nitrogens with zero attached hydrogens (tertiary/aromatic N) is 1. The fourth-order valence-electron chi connectivity index (χ4n) is 3.66. The fourth-order valence-corrected chi connectivity index (χ4v) is 3.66. The molecule has 1 aliphatic rings.